The van der Waals surface area contributed by atoms with Gasteiger partial charge < -0.3 is 14.9 Å². The summed E-state index contributed by atoms with van der Waals surface area (Å²) in [6, 6.07) is 11.7. The van der Waals surface area contributed by atoms with Crippen LogP contribution in [0.1, 0.15) is 34.0 Å². The molecule has 110 valence electrons. The van der Waals surface area contributed by atoms with Crippen LogP contribution in [0.3, 0.4) is 0 Å². The van der Waals surface area contributed by atoms with Crippen LogP contribution < -0.4 is 0 Å². The van der Waals surface area contributed by atoms with Crippen LogP contribution >= 0.6 is 0 Å². The number of methoxy groups -OCH3 is 1. The van der Waals surface area contributed by atoms with Gasteiger partial charge in [-0.1, -0.05) is 35.9 Å². The quantitative estimate of drug-likeness (QED) is 0.827. The van der Waals surface area contributed by atoms with Gasteiger partial charge in [0, 0.05) is 19.1 Å². The molecule has 21 heavy (non-hydrogen) atoms. The highest BCUT2D eigenvalue weighted by Crippen LogP contribution is 2.36. The van der Waals surface area contributed by atoms with Gasteiger partial charge in [-0.2, -0.15) is 0 Å². The number of aromatic hydroxyl groups is 2. The molecule has 0 aliphatic heterocycles. The highest BCUT2D eigenvalue weighted by atomic mass is 16.5. The maximum Gasteiger partial charge on any atom is 0.165 e. The summed E-state index contributed by atoms with van der Waals surface area (Å²) in [6.07, 6.45) is -0.648. The first kappa shape index (κ1) is 15.1. The number of benzene rings is 2. The van der Waals surface area contributed by atoms with Crippen LogP contribution in [-0.2, 0) is 4.74 Å². The number of phenolic OH excluding ortho intramolecular Hbond substituents is 2. The Hall–Kier alpha value is -2.33. The molecule has 2 aromatic carbocycles. The minimum atomic E-state index is -0.694. The number of aryl methyl sites for hydroxylation is 1. The number of Topliss-reactive ketones (excluding diaryl/α,β-unsaturated/α-hetero) is 1. The van der Waals surface area contributed by atoms with Crippen molar-refractivity contribution in [1.29, 1.82) is 0 Å². The standard InChI is InChI=1S/C17H18O4/c1-11-6-8-12(9-7-11)15(20)10-16(21-2)17-13(18)4-3-5-14(17)19/h3-9,16,18-19H,10H2,1-2H3. The molecule has 1 atom stereocenters. The molecule has 1 unspecified atom stereocenters. The van der Waals surface area contributed by atoms with E-state index in [4.69, 9.17) is 4.74 Å². The van der Waals surface area contributed by atoms with Gasteiger partial charge in [0.2, 0.25) is 0 Å². The SMILES string of the molecule is COC(CC(=O)c1ccc(C)cc1)c1c(O)cccc1O. The summed E-state index contributed by atoms with van der Waals surface area (Å²) in [5, 5.41) is 19.7. The van der Waals surface area contributed by atoms with Crippen molar-refractivity contribution >= 4 is 5.78 Å². The number of ketones is 1. The van der Waals surface area contributed by atoms with E-state index in [0.717, 1.165) is 5.56 Å². The third kappa shape index (κ3) is 3.41. The summed E-state index contributed by atoms with van der Waals surface area (Å²) in [4.78, 5) is 12.3. The summed E-state index contributed by atoms with van der Waals surface area (Å²) in [5.74, 6) is -0.276. The summed E-state index contributed by atoms with van der Waals surface area (Å²) >= 11 is 0. The van der Waals surface area contributed by atoms with Crippen molar-refractivity contribution in [3.8, 4) is 11.5 Å². The van der Waals surface area contributed by atoms with E-state index < -0.39 is 6.10 Å². The first-order valence-corrected chi connectivity index (χ1v) is 6.66. The Bertz CT molecular complexity index is 611. The van der Waals surface area contributed by atoms with Crippen molar-refractivity contribution < 1.29 is 19.7 Å². The van der Waals surface area contributed by atoms with Crippen molar-refractivity contribution in [3.63, 3.8) is 0 Å². The molecule has 2 N–H and O–H groups in total. The fourth-order valence-corrected chi connectivity index (χ4v) is 2.20. The Morgan fingerprint density at radius 2 is 1.67 bits per heavy atom. The molecule has 4 heteroatoms. The minimum Gasteiger partial charge on any atom is -0.507 e. The topological polar surface area (TPSA) is 66.8 Å². The minimum absolute atomic E-state index is 0.0463. The van der Waals surface area contributed by atoms with Gasteiger partial charge >= 0.3 is 0 Å². The summed E-state index contributed by atoms with van der Waals surface area (Å²) < 4.78 is 5.27. The van der Waals surface area contributed by atoms with Gasteiger partial charge in [0.1, 0.15) is 11.5 Å². The van der Waals surface area contributed by atoms with E-state index in [1.54, 1.807) is 12.1 Å². The second kappa shape index (κ2) is 6.41. The van der Waals surface area contributed by atoms with Crippen molar-refractivity contribution in [1.82, 2.24) is 0 Å². The highest BCUT2D eigenvalue weighted by Gasteiger charge is 2.22. The number of hydrogen-bond acceptors (Lipinski definition) is 4. The van der Waals surface area contributed by atoms with Gasteiger partial charge in [-0.05, 0) is 19.1 Å². The van der Waals surface area contributed by atoms with Crippen molar-refractivity contribution in [2.45, 2.75) is 19.4 Å². The molecule has 0 amide bonds. The lowest BCUT2D eigenvalue weighted by molar-refractivity contribution is 0.0712. The monoisotopic (exact) mass is 286 g/mol. The Kier molecular flexibility index (Phi) is 4.60. The number of carbonyl (C=O) groups is 1. The molecule has 2 aromatic rings. The van der Waals surface area contributed by atoms with Gasteiger partial charge in [0.25, 0.3) is 0 Å². The fraction of sp³-hybridized carbons (Fsp3) is 0.235. The van der Waals surface area contributed by atoms with Crippen molar-refractivity contribution in [2.75, 3.05) is 7.11 Å². The Morgan fingerprint density at radius 1 is 1.10 bits per heavy atom. The summed E-state index contributed by atoms with van der Waals surface area (Å²) in [5.41, 5.74) is 1.89. The second-order valence-corrected chi connectivity index (χ2v) is 4.93. The molecule has 0 aliphatic carbocycles. The van der Waals surface area contributed by atoms with E-state index in [2.05, 4.69) is 0 Å². The Morgan fingerprint density at radius 3 is 2.19 bits per heavy atom. The van der Waals surface area contributed by atoms with Gasteiger partial charge in [0.15, 0.2) is 5.78 Å². The molecule has 0 saturated carbocycles. The average molecular weight is 286 g/mol. The Labute approximate surface area is 123 Å². The number of ether oxygens (including phenoxy) is 1. The lowest BCUT2D eigenvalue weighted by atomic mass is 9.98. The van der Waals surface area contributed by atoms with Crippen LogP contribution in [0.2, 0.25) is 0 Å². The molecule has 0 fully saturated rings. The molecule has 2 rings (SSSR count). The smallest absolute Gasteiger partial charge is 0.165 e. The van der Waals surface area contributed by atoms with Crippen LogP contribution in [0.25, 0.3) is 0 Å². The van der Waals surface area contributed by atoms with Crippen molar-refractivity contribution in [2.24, 2.45) is 0 Å². The van der Waals surface area contributed by atoms with Crippen LogP contribution in [0.5, 0.6) is 11.5 Å². The number of carbonyl (C=O) groups excluding carboxylic acids is 1. The number of rotatable bonds is 5. The van der Waals surface area contributed by atoms with Gasteiger partial charge in [-0.25, -0.2) is 0 Å². The normalized spacial score (nSPS) is 12.1. The molecule has 0 spiro atoms. The maximum absolute atomic E-state index is 12.3. The Balaban J connectivity index is 2.23. The van der Waals surface area contributed by atoms with E-state index in [-0.39, 0.29) is 29.3 Å². The van der Waals surface area contributed by atoms with Crippen molar-refractivity contribution in [3.05, 3.63) is 59.2 Å². The molecule has 0 heterocycles. The van der Waals surface area contributed by atoms with Crippen LogP contribution in [0.15, 0.2) is 42.5 Å². The molecule has 0 radical (unpaired) electrons. The van der Waals surface area contributed by atoms with E-state index in [0.29, 0.717) is 5.56 Å². The maximum atomic E-state index is 12.3. The second-order valence-electron chi connectivity index (χ2n) is 4.93. The third-order valence-electron chi connectivity index (χ3n) is 3.41. The lowest BCUT2D eigenvalue weighted by Crippen LogP contribution is -2.10. The third-order valence-corrected chi connectivity index (χ3v) is 3.41. The fourth-order valence-electron chi connectivity index (χ4n) is 2.20. The number of phenols is 2. The highest BCUT2D eigenvalue weighted by molar-refractivity contribution is 5.96. The summed E-state index contributed by atoms with van der Waals surface area (Å²) in [7, 11) is 1.44. The van der Waals surface area contributed by atoms with E-state index >= 15 is 0 Å². The lowest BCUT2D eigenvalue weighted by Gasteiger charge is -2.17. The van der Waals surface area contributed by atoms with Crippen LogP contribution in [0.4, 0.5) is 0 Å². The predicted octanol–water partition coefficient (Wildman–Crippen LogP) is 3.37. The molecule has 4 nitrogen and oxygen atoms in total. The predicted molar refractivity (Wildman–Crippen MR) is 79.6 cm³/mol. The van der Waals surface area contributed by atoms with E-state index in [1.165, 1.54) is 25.3 Å². The van der Waals surface area contributed by atoms with E-state index in [1.807, 2.05) is 19.1 Å². The first-order valence-electron chi connectivity index (χ1n) is 6.66. The van der Waals surface area contributed by atoms with Gasteiger partial charge in [0.05, 0.1) is 11.7 Å². The molecule has 0 aliphatic rings. The zero-order valence-electron chi connectivity index (χ0n) is 12.0. The van der Waals surface area contributed by atoms with Crippen LogP contribution in [-0.4, -0.2) is 23.1 Å². The number of hydrogen-bond donors (Lipinski definition) is 2. The average Bonchev–Trinajstić information content (AvgIpc) is 2.46. The first-order chi connectivity index (χ1) is 10.0. The molecule has 0 aromatic heterocycles. The van der Waals surface area contributed by atoms with E-state index in [9.17, 15) is 15.0 Å². The molecular formula is C17H18O4. The zero-order valence-corrected chi connectivity index (χ0v) is 12.0. The van der Waals surface area contributed by atoms with Crippen LogP contribution in [0, 0.1) is 6.92 Å². The largest absolute Gasteiger partial charge is 0.507 e. The molecule has 0 saturated heterocycles. The zero-order chi connectivity index (χ0) is 15.4. The molecule has 0 bridgehead atoms. The molecular weight excluding hydrogens is 268 g/mol. The van der Waals surface area contributed by atoms with Gasteiger partial charge in [-0.3, -0.25) is 4.79 Å². The van der Waals surface area contributed by atoms with Gasteiger partial charge in [-0.15, -0.1) is 0 Å². The summed E-state index contributed by atoms with van der Waals surface area (Å²) in [6.45, 7) is 1.95.